The maximum Gasteiger partial charge on any atom is 0.395 e. The molecule has 0 saturated carbocycles. The molecule has 0 spiro atoms. The van der Waals surface area contributed by atoms with Crippen LogP contribution in [-0.4, -0.2) is 43.7 Å². The zero-order valence-electron chi connectivity index (χ0n) is 6.81. The first kappa shape index (κ1) is 10.7. The Kier molecular flexibility index (Phi) is 6.93. The molecule has 0 amide bonds. The molecule has 0 aromatic carbocycles. The molecule has 0 aliphatic rings. The molecule has 0 fully saturated rings. The van der Waals surface area contributed by atoms with E-state index in [9.17, 15) is 0 Å². The standard InChI is InChI=1S/C6H15N2.Al.ClH.H/c1-3-8(4-2)6-5-7;;;/h5H,3-4,6-7H2,1-2H3;;1H;/q;+1;;/p-1. The smallest absolute Gasteiger partial charge is 0.338 e. The van der Waals surface area contributed by atoms with E-state index < -0.39 is 14.3 Å². The number of rotatable bonds is 5. The van der Waals surface area contributed by atoms with Gasteiger partial charge < -0.3 is 10.6 Å². The van der Waals surface area contributed by atoms with Gasteiger partial charge >= 0.3 is 14.3 Å². The first-order valence-corrected chi connectivity index (χ1v) is 6.73. The van der Waals surface area contributed by atoms with Gasteiger partial charge in [-0.2, -0.15) is 0 Å². The number of likely N-dealkylation sites (N-methyl/N-ethyl adjacent to an activating group) is 1. The predicted octanol–water partition coefficient (Wildman–Crippen LogP) is 0.203. The molecule has 0 saturated heterocycles. The molecule has 0 aromatic rings. The molecule has 0 aliphatic carbocycles. The van der Waals surface area contributed by atoms with Crippen LogP contribution in [0.25, 0.3) is 0 Å². The molecular weight excluding hydrogens is 163 g/mol. The predicted molar refractivity (Wildman–Crippen MR) is 48.8 cm³/mol. The van der Waals surface area contributed by atoms with Gasteiger partial charge in [0.2, 0.25) is 0 Å². The summed E-state index contributed by atoms with van der Waals surface area (Å²) in [6.07, 6.45) is 0. The second-order valence-corrected chi connectivity index (χ2v) is 4.68. The fourth-order valence-electron chi connectivity index (χ4n) is 0.862. The highest BCUT2D eigenvalue weighted by atomic mass is 35.6. The molecule has 0 radical (unpaired) electrons. The number of hydrogen-bond donors (Lipinski definition) is 1. The Labute approximate surface area is 73.6 Å². The van der Waals surface area contributed by atoms with Crippen LogP contribution in [0.1, 0.15) is 13.8 Å². The van der Waals surface area contributed by atoms with Crippen LogP contribution in [0.3, 0.4) is 0 Å². The van der Waals surface area contributed by atoms with Crippen molar-refractivity contribution in [2.75, 3.05) is 19.6 Å². The van der Waals surface area contributed by atoms with Crippen LogP contribution >= 0.6 is 10.0 Å². The van der Waals surface area contributed by atoms with Crippen molar-refractivity contribution in [1.29, 1.82) is 0 Å². The number of halogens is 1. The summed E-state index contributed by atoms with van der Waals surface area (Å²) >= 11 is -0.515. The Balaban J connectivity index is 3.41. The Morgan fingerprint density at radius 2 is 2.00 bits per heavy atom. The van der Waals surface area contributed by atoms with Crippen molar-refractivity contribution in [3.63, 3.8) is 0 Å². The van der Waals surface area contributed by atoms with Crippen molar-refractivity contribution in [1.82, 2.24) is 4.90 Å². The topological polar surface area (TPSA) is 29.3 Å². The summed E-state index contributed by atoms with van der Waals surface area (Å²) in [5.41, 5.74) is 5.71. The Morgan fingerprint density at radius 3 is 2.30 bits per heavy atom. The number of nitrogens with zero attached hydrogens (tertiary/aromatic N) is 1. The summed E-state index contributed by atoms with van der Waals surface area (Å²) in [7, 11) is 5.70. The lowest BCUT2D eigenvalue weighted by molar-refractivity contribution is 0.304. The molecule has 0 rings (SSSR count). The third-order valence-electron chi connectivity index (χ3n) is 1.59. The molecule has 0 aliphatic heterocycles. The molecule has 0 aromatic heterocycles. The highest BCUT2D eigenvalue weighted by molar-refractivity contribution is 6.94. The summed E-state index contributed by atoms with van der Waals surface area (Å²) in [6.45, 7) is 7.42. The first-order chi connectivity index (χ1) is 4.74. The molecular formula is C6H16AlClN2. The average Bonchev–Trinajstić information content (AvgIpc) is 1.99. The fraction of sp³-hybridized carbons (Fsp3) is 1.00. The van der Waals surface area contributed by atoms with Gasteiger partial charge in [0.15, 0.2) is 0 Å². The molecule has 0 bridgehead atoms. The van der Waals surface area contributed by atoms with E-state index in [0.717, 1.165) is 19.6 Å². The van der Waals surface area contributed by atoms with Gasteiger partial charge in [0.1, 0.15) is 0 Å². The monoisotopic (exact) mass is 178 g/mol. The van der Waals surface area contributed by atoms with Crippen LogP contribution in [0.2, 0.25) is 0 Å². The van der Waals surface area contributed by atoms with Crippen LogP contribution < -0.4 is 5.73 Å². The minimum atomic E-state index is -0.515. The van der Waals surface area contributed by atoms with E-state index in [4.69, 9.17) is 15.8 Å². The van der Waals surface area contributed by atoms with Gasteiger partial charge in [-0.05, 0) is 18.0 Å². The fourth-order valence-corrected chi connectivity index (χ4v) is 1.62. The van der Waals surface area contributed by atoms with Gasteiger partial charge in [0, 0.05) is 6.54 Å². The van der Waals surface area contributed by atoms with Crippen molar-refractivity contribution in [2.45, 2.75) is 18.8 Å². The van der Waals surface area contributed by atoms with Crippen molar-refractivity contribution in [3.8, 4) is 0 Å². The van der Waals surface area contributed by atoms with E-state index in [0.29, 0.717) is 0 Å². The summed E-state index contributed by atoms with van der Waals surface area (Å²) in [6, 6.07) is 0. The minimum Gasteiger partial charge on any atom is -0.338 e. The summed E-state index contributed by atoms with van der Waals surface area (Å²) in [4.78, 5) is 2.57. The van der Waals surface area contributed by atoms with E-state index in [-0.39, 0.29) is 4.90 Å². The van der Waals surface area contributed by atoms with E-state index in [1.807, 2.05) is 0 Å². The van der Waals surface area contributed by atoms with Crippen LogP contribution in [0, 0.1) is 0 Å². The van der Waals surface area contributed by atoms with Gasteiger partial charge in [0.05, 0.1) is 0 Å². The third-order valence-corrected chi connectivity index (χ3v) is 3.43. The highest BCUT2D eigenvalue weighted by Crippen LogP contribution is 1.89. The average molecular weight is 179 g/mol. The van der Waals surface area contributed by atoms with Gasteiger partial charge in [0.25, 0.3) is 0 Å². The van der Waals surface area contributed by atoms with E-state index in [2.05, 4.69) is 18.7 Å². The molecule has 0 heterocycles. The van der Waals surface area contributed by atoms with Crippen LogP contribution in [-0.2, 0) is 0 Å². The largest absolute Gasteiger partial charge is 0.395 e. The van der Waals surface area contributed by atoms with E-state index in [1.54, 1.807) is 0 Å². The first-order valence-electron chi connectivity index (χ1n) is 3.78. The number of hydrogen-bond acceptors (Lipinski definition) is 2. The molecule has 10 heavy (non-hydrogen) atoms. The van der Waals surface area contributed by atoms with Crippen molar-refractivity contribution >= 4 is 24.3 Å². The summed E-state index contributed by atoms with van der Waals surface area (Å²) in [5, 5.41) is 0. The third kappa shape index (κ3) is 4.54. The lowest BCUT2D eigenvalue weighted by Crippen LogP contribution is -2.39. The zero-order valence-corrected chi connectivity index (χ0v) is 8.98. The molecule has 4 heteroatoms. The Bertz CT molecular complexity index is 78.1. The molecule has 1 unspecified atom stereocenters. The van der Waals surface area contributed by atoms with Gasteiger partial charge in [-0.25, -0.2) is 0 Å². The molecule has 60 valence electrons. The van der Waals surface area contributed by atoms with Crippen molar-refractivity contribution in [3.05, 3.63) is 0 Å². The van der Waals surface area contributed by atoms with Crippen LogP contribution in [0.5, 0.6) is 0 Å². The Hall–Kier alpha value is 0.742. The molecule has 2 nitrogen and oxygen atoms in total. The highest BCUT2D eigenvalue weighted by Gasteiger charge is 2.07. The van der Waals surface area contributed by atoms with Gasteiger partial charge in [-0.3, -0.25) is 10.0 Å². The van der Waals surface area contributed by atoms with Gasteiger partial charge in [-0.1, -0.05) is 13.8 Å². The normalized spacial score (nSPS) is 13.7. The van der Waals surface area contributed by atoms with E-state index >= 15 is 0 Å². The van der Waals surface area contributed by atoms with E-state index in [1.165, 1.54) is 0 Å². The Morgan fingerprint density at radius 1 is 1.50 bits per heavy atom. The zero-order chi connectivity index (χ0) is 7.98. The summed E-state index contributed by atoms with van der Waals surface area (Å²) < 4.78 is 0. The second-order valence-electron chi connectivity index (χ2n) is 2.40. The quantitative estimate of drug-likeness (QED) is 0.610. The van der Waals surface area contributed by atoms with Crippen molar-refractivity contribution in [2.24, 2.45) is 5.73 Å². The van der Waals surface area contributed by atoms with Crippen LogP contribution in [0.4, 0.5) is 0 Å². The second kappa shape index (κ2) is 6.45. The maximum atomic E-state index is 5.71. The lowest BCUT2D eigenvalue weighted by atomic mass is 10.5. The SMILES string of the molecule is CCN(CC)C[CH](N)[AlH][Cl]. The molecule has 1 atom stereocenters. The van der Waals surface area contributed by atoms with Crippen molar-refractivity contribution < 1.29 is 0 Å². The molecule has 2 N–H and O–H groups in total. The lowest BCUT2D eigenvalue weighted by Gasteiger charge is -2.20. The number of nitrogens with two attached hydrogens (primary N) is 1. The summed E-state index contributed by atoms with van der Waals surface area (Å²) in [5.74, 6) is 0. The van der Waals surface area contributed by atoms with Crippen LogP contribution in [0.15, 0.2) is 0 Å². The van der Waals surface area contributed by atoms with Gasteiger partial charge in [-0.15, -0.1) is 0 Å². The maximum absolute atomic E-state index is 5.71. The minimum absolute atomic E-state index is 0.265.